The Kier molecular flexibility index (Phi) is 5.68. The van der Waals surface area contributed by atoms with Crippen LogP contribution < -0.4 is 4.74 Å². The highest BCUT2D eigenvalue weighted by atomic mass is 32.1. The van der Waals surface area contributed by atoms with E-state index in [1.807, 2.05) is 56.5 Å². The molecule has 0 fully saturated rings. The Labute approximate surface area is 156 Å². The lowest BCUT2D eigenvalue weighted by Crippen LogP contribution is -2.31. The summed E-state index contributed by atoms with van der Waals surface area (Å²) in [6, 6.07) is 11.1. The third-order valence-electron chi connectivity index (χ3n) is 3.68. The fourth-order valence-corrected chi connectivity index (χ4v) is 3.14. The summed E-state index contributed by atoms with van der Waals surface area (Å²) in [5, 5.41) is 5.95. The summed E-state index contributed by atoms with van der Waals surface area (Å²) in [5.41, 5.74) is 0.529. The maximum absolute atomic E-state index is 13.0. The van der Waals surface area contributed by atoms with E-state index in [0.717, 1.165) is 4.88 Å². The van der Waals surface area contributed by atoms with E-state index in [9.17, 15) is 4.79 Å². The molecule has 26 heavy (non-hydrogen) atoms. The molecular formula is C19H21N3O3S. The van der Waals surface area contributed by atoms with Gasteiger partial charge in [0, 0.05) is 6.54 Å². The van der Waals surface area contributed by atoms with Crippen LogP contribution in [0.4, 0.5) is 0 Å². The highest BCUT2D eigenvalue weighted by Gasteiger charge is 2.21. The van der Waals surface area contributed by atoms with Crippen LogP contribution in [0.2, 0.25) is 0 Å². The van der Waals surface area contributed by atoms with Crippen molar-refractivity contribution in [1.29, 1.82) is 0 Å². The van der Waals surface area contributed by atoms with Crippen molar-refractivity contribution in [2.24, 2.45) is 0 Å². The molecule has 1 amide bonds. The van der Waals surface area contributed by atoms with Crippen molar-refractivity contribution >= 4 is 17.2 Å². The molecule has 0 spiro atoms. The average molecular weight is 371 g/mol. The molecule has 136 valence electrons. The van der Waals surface area contributed by atoms with E-state index in [2.05, 4.69) is 10.1 Å². The quantitative estimate of drug-likeness (QED) is 0.621. The number of benzene rings is 1. The molecule has 1 aromatic carbocycles. The van der Waals surface area contributed by atoms with Gasteiger partial charge in [-0.1, -0.05) is 23.4 Å². The smallest absolute Gasteiger partial charge is 0.258 e. The van der Waals surface area contributed by atoms with Crippen LogP contribution in [0.1, 0.15) is 37.0 Å². The molecule has 0 unspecified atom stereocenters. The van der Waals surface area contributed by atoms with Gasteiger partial charge >= 0.3 is 0 Å². The molecule has 2 aromatic heterocycles. The summed E-state index contributed by atoms with van der Waals surface area (Å²) in [4.78, 5) is 20.0. The number of para-hydroxylation sites is 1. The molecule has 0 aliphatic heterocycles. The standard InChI is InChI=1S/C19H21N3O3S/c1-4-22(12-17-20-18(21-25-17)16-10-7-11-26-16)19(23)14-8-5-6-9-15(14)24-13(2)3/h5-11,13H,4,12H2,1-3H3. The van der Waals surface area contributed by atoms with Crippen molar-refractivity contribution < 1.29 is 14.1 Å². The summed E-state index contributed by atoms with van der Waals surface area (Å²) < 4.78 is 11.1. The summed E-state index contributed by atoms with van der Waals surface area (Å²) in [7, 11) is 0. The SMILES string of the molecule is CCN(Cc1nc(-c2cccs2)no1)C(=O)c1ccccc1OC(C)C. The van der Waals surface area contributed by atoms with Crippen molar-refractivity contribution in [3.63, 3.8) is 0 Å². The van der Waals surface area contributed by atoms with Crippen molar-refractivity contribution in [3.8, 4) is 16.5 Å². The van der Waals surface area contributed by atoms with Crippen LogP contribution >= 0.6 is 11.3 Å². The first-order valence-corrected chi connectivity index (χ1v) is 9.38. The molecule has 3 rings (SSSR count). The van der Waals surface area contributed by atoms with Crippen molar-refractivity contribution in [1.82, 2.24) is 15.0 Å². The molecule has 0 N–H and O–H groups in total. The van der Waals surface area contributed by atoms with Crippen LogP contribution in [0.25, 0.3) is 10.7 Å². The van der Waals surface area contributed by atoms with E-state index in [-0.39, 0.29) is 18.6 Å². The Bertz CT molecular complexity index is 859. The second-order valence-electron chi connectivity index (χ2n) is 5.97. The third kappa shape index (κ3) is 4.11. The minimum atomic E-state index is -0.125. The maximum atomic E-state index is 13.0. The monoisotopic (exact) mass is 371 g/mol. The van der Waals surface area contributed by atoms with Gasteiger partial charge in [0.15, 0.2) is 0 Å². The minimum absolute atomic E-state index is 0.0108. The van der Waals surface area contributed by atoms with Gasteiger partial charge in [-0.15, -0.1) is 11.3 Å². The third-order valence-corrected chi connectivity index (χ3v) is 4.55. The topological polar surface area (TPSA) is 68.5 Å². The number of hydrogen-bond acceptors (Lipinski definition) is 6. The Morgan fingerprint density at radius 3 is 2.77 bits per heavy atom. The number of carbonyl (C=O) groups excluding carboxylic acids is 1. The molecule has 3 aromatic rings. The normalized spacial score (nSPS) is 10.9. The van der Waals surface area contributed by atoms with E-state index in [1.165, 1.54) is 0 Å². The molecule has 0 aliphatic carbocycles. The molecule has 0 saturated heterocycles. The zero-order valence-electron chi connectivity index (χ0n) is 15.0. The van der Waals surface area contributed by atoms with Gasteiger partial charge in [0.25, 0.3) is 5.91 Å². The number of ether oxygens (including phenoxy) is 1. The fourth-order valence-electron chi connectivity index (χ4n) is 2.49. The van der Waals surface area contributed by atoms with Gasteiger partial charge < -0.3 is 14.2 Å². The molecule has 2 heterocycles. The molecule has 0 bridgehead atoms. The van der Waals surface area contributed by atoms with Gasteiger partial charge in [0.2, 0.25) is 11.7 Å². The Morgan fingerprint density at radius 2 is 2.08 bits per heavy atom. The number of rotatable bonds is 7. The van der Waals surface area contributed by atoms with Crippen molar-refractivity contribution in [3.05, 3.63) is 53.2 Å². The summed E-state index contributed by atoms with van der Waals surface area (Å²) in [6.07, 6.45) is -0.0108. The van der Waals surface area contributed by atoms with E-state index in [0.29, 0.717) is 29.6 Å². The van der Waals surface area contributed by atoms with Gasteiger partial charge in [-0.3, -0.25) is 4.79 Å². The van der Waals surface area contributed by atoms with Gasteiger partial charge in [-0.05, 0) is 44.4 Å². The highest BCUT2D eigenvalue weighted by Crippen LogP contribution is 2.24. The molecule has 6 nitrogen and oxygen atoms in total. The molecule has 0 aliphatic rings. The predicted molar refractivity (Wildman–Crippen MR) is 100 cm³/mol. The maximum Gasteiger partial charge on any atom is 0.258 e. The van der Waals surface area contributed by atoms with E-state index >= 15 is 0 Å². The summed E-state index contributed by atoms with van der Waals surface area (Å²) in [5.74, 6) is 1.41. The number of aromatic nitrogens is 2. The number of nitrogens with zero attached hydrogens (tertiary/aromatic N) is 3. The number of thiophene rings is 1. The second-order valence-corrected chi connectivity index (χ2v) is 6.92. The number of carbonyl (C=O) groups is 1. The average Bonchev–Trinajstić information content (AvgIpc) is 3.30. The number of amides is 1. The largest absolute Gasteiger partial charge is 0.490 e. The van der Waals surface area contributed by atoms with E-state index in [1.54, 1.807) is 22.3 Å². The van der Waals surface area contributed by atoms with Gasteiger partial charge in [-0.2, -0.15) is 4.98 Å². The zero-order valence-corrected chi connectivity index (χ0v) is 15.8. The van der Waals surface area contributed by atoms with Crippen LogP contribution in [-0.2, 0) is 6.54 Å². The van der Waals surface area contributed by atoms with Crippen LogP contribution in [0.5, 0.6) is 5.75 Å². The van der Waals surface area contributed by atoms with Crippen molar-refractivity contribution in [2.75, 3.05) is 6.54 Å². The zero-order chi connectivity index (χ0) is 18.5. The first-order chi connectivity index (χ1) is 12.6. The van der Waals surface area contributed by atoms with Crippen LogP contribution in [0.3, 0.4) is 0 Å². The predicted octanol–water partition coefficient (Wildman–Crippen LogP) is 4.25. The van der Waals surface area contributed by atoms with Crippen LogP contribution in [0.15, 0.2) is 46.3 Å². The Balaban J connectivity index is 1.78. The Morgan fingerprint density at radius 1 is 1.27 bits per heavy atom. The number of hydrogen-bond donors (Lipinski definition) is 0. The molecule has 7 heteroatoms. The Hall–Kier alpha value is -2.67. The van der Waals surface area contributed by atoms with Gasteiger partial charge in [0.05, 0.1) is 16.5 Å². The van der Waals surface area contributed by atoms with E-state index in [4.69, 9.17) is 9.26 Å². The van der Waals surface area contributed by atoms with Gasteiger partial charge in [0.1, 0.15) is 12.3 Å². The molecule has 0 radical (unpaired) electrons. The summed E-state index contributed by atoms with van der Waals surface area (Å²) in [6.45, 7) is 6.56. The van der Waals surface area contributed by atoms with E-state index < -0.39 is 0 Å². The van der Waals surface area contributed by atoms with Gasteiger partial charge in [-0.25, -0.2) is 0 Å². The molecule has 0 saturated carbocycles. The second kappa shape index (κ2) is 8.14. The first-order valence-electron chi connectivity index (χ1n) is 8.50. The first kappa shape index (κ1) is 18.1. The lowest BCUT2D eigenvalue weighted by atomic mass is 10.1. The fraction of sp³-hybridized carbons (Fsp3) is 0.316. The lowest BCUT2D eigenvalue weighted by Gasteiger charge is -2.21. The van der Waals surface area contributed by atoms with Crippen LogP contribution in [0, 0.1) is 0 Å². The van der Waals surface area contributed by atoms with Crippen LogP contribution in [-0.4, -0.2) is 33.6 Å². The highest BCUT2D eigenvalue weighted by molar-refractivity contribution is 7.13. The molecule has 0 atom stereocenters. The minimum Gasteiger partial charge on any atom is -0.490 e. The summed E-state index contributed by atoms with van der Waals surface area (Å²) >= 11 is 1.54. The lowest BCUT2D eigenvalue weighted by molar-refractivity contribution is 0.0728. The molecular weight excluding hydrogens is 350 g/mol. The van der Waals surface area contributed by atoms with Crippen molar-refractivity contribution in [2.45, 2.75) is 33.4 Å².